The third kappa shape index (κ3) is 2.66. The van der Waals surface area contributed by atoms with E-state index in [1.54, 1.807) is 0 Å². The maximum atomic E-state index is 5.27. The molecular weight excluding hydrogens is 164 g/mol. The van der Waals surface area contributed by atoms with Gasteiger partial charge in [-0.1, -0.05) is 0 Å². The van der Waals surface area contributed by atoms with E-state index in [9.17, 15) is 0 Å². The standard InChI is InChI=1S/C10H20N2O/c1-9-6-11(2)4-3-5-12(9)7-10-8-13-10/h9-10H,3-8H2,1-2H3/t9?,10-/m1/s1. The zero-order valence-corrected chi connectivity index (χ0v) is 8.70. The van der Waals surface area contributed by atoms with Crippen LogP contribution in [0.3, 0.4) is 0 Å². The summed E-state index contributed by atoms with van der Waals surface area (Å²) in [6, 6.07) is 0.691. The number of epoxide rings is 1. The topological polar surface area (TPSA) is 19.0 Å². The number of hydrogen-bond donors (Lipinski definition) is 0. The van der Waals surface area contributed by atoms with Crippen LogP contribution in [0.4, 0.5) is 0 Å². The van der Waals surface area contributed by atoms with Crippen molar-refractivity contribution in [2.24, 2.45) is 0 Å². The Balaban J connectivity index is 1.84. The minimum Gasteiger partial charge on any atom is -0.372 e. The molecular formula is C10H20N2O. The molecule has 2 heterocycles. The van der Waals surface area contributed by atoms with Crippen LogP contribution >= 0.6 is 0 Å². The SMILES string of the molecule is CC1CN(C)CCCN1C[C@@H]1CO1. The highest BCUT2D eigenvalue weighted by Gasteiger charge is 2.28. The molecule has 2 rings (SSSR count). The van der Waals surface area contributed by atoms with Crippen molar-refractivity contribution in [3.63, 3.8) is 0 Å². The first-order valence-corrected chi connectivity index (χ1v) is 5.30. The number of hydrogen-bond acceptors (Lipinski definition) is 3. The molecule has 2 saturated heterocycles. The predicted molar refractivity (Wildman–Crippen MR) is 52.9 cm³/mol. The quantitative estimate of drug-likeness (QED) is 0.579. The smallest absolute Gasteiger partial charge is 0.0936 e. The van der Waals surface area contributed by atoms with Crippen LogP contribution in [0.5, 0.6) is 0 Å². The Morgan fingerprint density at radius 2 is 2.15 bits per heavy atom. The molecule has 2 fully saturated rings. The van der Waals surface area contributed by atoms with Crippen LogP contribution in [0.15, 0.2) is 0 Å². The summed E-state index contributed by atoms with van der Waals surface area (Å²) >= 11 is 0. The van der Waals surface area contributed by atoms with Crippen molar-refractivity contribution in [3.8, 4) is 0 Å². The van der Waals surface area contributed by atoms with E-state index in [-0.39, 0.29) is 0 Å². The van der Waals surface area contributed by atoms with Crippen molar-refractivity contribution in [1.82, 2.24) is 9.80 Å². The van der Waals surface area contributed by atoms with Crippen LogP contribution in [0.2, 0.25) is 0 Å². The van der Waals surface area contributed by atoms with Crippen LogP contribution in [0.25, 0.3) is 0 Å². The minimum atomic E-state index is 0.547. The summed E-state index contributed by atoms with van der Waals surface area (Å²) < 4.78 is 5.27. The van der Waals surface area contributed by atoms with Gasteiger partial charge in [0.2, 0.25) is 0 Å². The van der Waals surface area contributed by atoms with Gasteiger partial charge in [0.1, 0.15) is 0 Å². The van der Waals surface area contributed by atoms with Gasteiger partial charge in [-0.15, -0.1) is 0 Å². The van der Waals surface area contributed by atoms with Crippen molar-refractivity contribution in [2.75, 3.05) is 39.8 Å². The van der Waals surface area contributed by atoms with Gasteiger partial charge in [-0.25, -0.2) is 0 Å². The molecule has 0 aromatic heterocycles. The predicted octanol–water partition coefficient (Wildman–Crippen LogP) is 0.411. The molecule has 0 aromatic rings. The van der Waals surface area contributed by atoms with E-state index in [1.807, 2.05) is 0 Å². The molecule has 13 heavy (non-hydrogen) atoms. The zero-order chi connectivity index (χ0) is 9.26. The summed E-state index contributed by atoms with van der Waals surface area (Å²) in [6.07, 6.45) is 1.85. The van der Waals surface area contributed by atoms with E-state index in [0.717, 1.165) is 13.2 Å². The second-order valence-corrected chi connectivity index (χ2v) is 4.42. The second kappa shape index (κ2) is 3.95. The zero-order valence-electron chi connectivity index (χ0n) is 8.70. The number of rotatable bonds is 2. The summed E-state index contributed by atoms with van der Waals surface area (Å²) in [5, 5.41) is 0. The van der Waals surface area contributed by atoms with E-state index in [1.165, 1.54) is 26.1 Å². The molecule has 0 aliphatic carbocycles. The lowest BCUT2D eigenvalue weighted by Crippen LogP contribution is -2.39. The van der Waals surface area contributed by atoms with E-state index < -0.39 is 0 Å². The van der Waals surface area contributed by atoms with Crippen molar-refractivity contribution in [3.05, 3.63) is 0 Å². The van der Waals surface area contributed by atoms with E-state index in [4.69, 9.17) is 4.74 Å². The van der Waals surface area contributed by atoms with Gasteiger partial charge < -0.3 is 9.64 Å². The summed E-state index contributed by atoms with van der Waals surface area (Å²) in [5.41, 5.74) is 0. The van der Waals surface area contributed by atoms with Gasteiger partial charge in [0.25, 0.3) is 0 Å². The fourth-order valence-corrected chi connectivity index (χ4v) is 2.13. The summed E-state index contributed by atoms with van der Waals surface area (Å²) in [7, 11) is 2.22. The highest BCUT2D eigenvalue weighted by Crippen LogP contribution is 2.15. The molecule has 2 atom stereocenters. The summed E-state index contributed by atoms with van der Waals surface area (Å²) in [4.78, 5) is 5.00. The maximum Gasteiger partial charge on any atom is 0.0936 e. The molecule has 0 saturated carbocycles. The maximum absolute atomic E-state index is 5.27. The largest absolute Gasteiger partial charge is 0.372 e. The van der Waals surface area contributed by atoms with Gasteiger partial charge in [0, 0.05) is 19.1 Å². The molecule has 0 bridgehead atoms. The molecule has 0 aromatic carbocycles. The molecule has 0 spiro atoms. The Bertz CT molecular complexity index is 170. The molecule has 0 radical (unpaired) electrons. The fourth-order valence-electron chi connectivity index (χ4n) is 2.13. The molecule has 0 N–H and O–H groups in total. The Labute approximate surface area is 80.6 Å². The Kier molecular flexibility index (Phi) is 2.86. The van der Waals surface area contributed by atoms with E-state index >= 15 is 0 Å². The van der Waals surface area contributed by atoms with Crippen molar-refractivity contribution in [1.29, 1.82) is 0 Å². The van der Waals surface area contributed by atoms with Gasteiger partial charge in [-0.3, -0.25) is 4.90 Å². The Morgan fingerprint density at radius 3 is 2.85 bits per heavy atom. The van der Waals surface area contributed by atoms with Crippen LogP contribution < -0.4 is 0 Å². The number of nitrogens with zero attached hydrogens (tertiary/aromatic N) is 2. The normalized spacial score (nSPS) is 37.4. The molecule has 3 nitrogen and oxygen atoms in total. The van der Waals surface area contributed by atoms with Gasteiger partial charge in [-0.2, -0.15) is 0 Å². The van der Waals surface area contributed by atoms with Crippen molar-refractivity contribution >= 4 is 0 Å². The minimum absolute atomic E-state index is 0.547. The number of ether oxygens (including phenoxy) is 1. The lowest BCUT2D eigenvalue weighted by atomic mass is 10.2. The Morgan fingerprint density at radius 1 is 1.38 bits per heavy atom. The average molecular weight is 184 g/mol. The first-order chi connectivity index (χ1) is 6.25. The summed E-state index contributed by atoms with van der Waals surface area (Å²) in [5.74, 6) is 0. The lowest BCUT2D eigenvalue weighted by Gasteiger charge is -2.26. The van der Waals surface area contributed by atoms with Gasteiger partial charge >= 0.3 is 0 Å². The van der Waals surface area contributed by atoms with E-state index in [2.05, 4.69) is 23.8 Å². The third-order valence-corrected chi connectivity index (χ3v) is 3.02. The van der Waals surface area contributed by atoms with Crippen LogP contribution in [-0.4, -0.2) is 61.8 Å². The Hall–Kier alpha value is -0.120. The molecule has 2 aliphatic rings. The van der Waals surface area contributed by atoms with Crippen molar-refractivity contribution in [2.45, 2.75) is 25.5 Å². The molecule has 76 valence electrons. The monoisotopic (exact) mass is 184 g/mol. The first-order valence-electron chi connectivity index (χ1n) is 5.30. The molecule has 0 amide bonds. The van der Waals surface area contributed by atoms with E-state index in [0.29, 0.717) is 12.1 Å². The lowest BCUT2D eigenvalue weighted by molar-refractivity contribution is 0.185. The molecule has 3 heteroatoms. The van der Waals surface area contributed by atoms with Crippen molar-refractivity contribution < 1.29 is 4.74 Å². The van der Waals surface area contributed by atoms with Crippen LogP contribution in [0, 0.1) is 0 Å². The highest BCUT2D eigenvalue weighted by atomic mass is 16.6. The molecule has 1 unspecified atom stereocenters. The highest BCUT2D eigenvalue weighted by molar-refractivity contribution is 4.81. The van der Waals surface area contributed by atoms with Gasteiger partial charge in [-0.05, 0) is 33.5 Å². The van der Waals surface area contributed by atoms with Gasteiger partial charge in [0.05, 0.1) is 12.7 Å². The van der Waals surface area contributed by atoms with Crippen LogP contribution in [0.1, 0.15) is 13.3 Å². The van der Waals surface area contributed by atoms with Gasteiger partial charge in [0.15, 0.2) is 0 Å². The summed E-state index contributed by atoms with van der Waals surface area (Å²) in [6.45, 7) is 8.14. The average Bonchev–Trinajstić information content (AvgIpc) is 2.85. The third-order valence-electron chi connectivity index (χ3n) is 3.02. The number of likely N-dealkylation sites (N-methyl/N-ethyl adjacent to an activating group) is 1. The van der Waals surface area contributed by atoms with Crippen LogP contribution in [-0.2, 0) is 4.74 Å². The molecule has 2 aliphatic heterocycles. The fraction of sp³-hybridized carbons (Fsp3) is 1.00. The second-order valence-electron chi connectivity index (χ2n) is 4.42. The first kappa shape index (κ1) is 9.44.